The number of H-pyrrole nitrogens is 1. The molecule has 8 heteroatoms. The van der Waals surface area contributed by atoms with Crippen LogP contribution in [0.25, 0.3) is 11.4 Å². The van der Waals surface area contributed by atoms with E-state index in [4.69, 9.17) is 15.0 Å². The van der Waals surface area contributed by atoms with Gasteiger partial charge >= 0.3 is 6.09 Å². The molecule has 200 valence electrons. The number of imidazole rings is 1. The number of nitriles is 1. The van der Waals surface area contributed by atoms with Crippen molar-refractivity contribution in [1.29, 1.82) is 5.26 Å². The first-order chi connectivity index (χ1) is 19.0. The number of piperidine rings is 1. The fourth-order valence-corrected chi connectivity index (χ4v) is 6.10. The van der Waals surface area contributed by atoms with E-state index < -0.39 is 0 Å². The summed E-state index contributed by atoms with van der Waals surface area (Å²) in [6.45, 7) is 2.44. The first-order valence-electron chi connectivity index (χ1n) is 13.9. The van der Waals surface area contributed by atoms with Crippen molar-refractivity contribution in [2.45, 2.75) is 56.9 Å². The third-order valence-corrected chi connectivity index (χ3v) is 8.66. The van der Waals surface area contributed by atoms with Gasteiger partial charge in [0.1, 0.15) is 5.82 Å². The predicted molar refractivity (Wildman–Crippen MR) is 146 cm³/mol. The van der Waals surface area contributed by atoms with Gasteiger partial charge in [-0.3, -0.25) is 4.79 Å². The third kappa shape index (κ3) is 4.89. The molecule has 8 nitrogen and oxygen atoms in total. The van der Waals surface area contributed by atoms with Crippen LogP contribution < -0.4 is 0 Å². The Morgan fingerprint density at radius 1 is 1.00 bits per heavy atom. The highest BCUT2D eigenvalue weighted by Gasteiger charge is 2.30. The summed E-state index contributed by atoms with van der Waals surface area (Å²) in [6.07, 6.45) is 5.69. The highest BCUT2D eigenvalue weighted by molar-refractivity contribution is 5.95. The molecule has 39 heavy (non-hydrogen) atoms. The maximum atomic E-state index is 13.6. The fourth-order valence-electron chi connectivity index (χ4n) is 6.10. The van der Waals surface area contributed by atoms with Crippen molar-refractivity contribution in [1.82, 2.24) is 19.8 Å². The average Bonchev–Trinajstić information content (AvgIpc) is 3.39. The van der Waals surface area contributed by atoms with E-state index in [1.807, 2.05) is 41.3 Å². The molecular weight excluding hydrogens is 490 g/mol. The van der Waals surface area contributed by atoms with E-state index in [0.29, 0.717) is 55.6 Å². The molecule has 0 atom stereocenters. The van der Waals surface area contributed by atoms with Gasteiger partial charge in [-0.1, -0.05) is 24.6 Å². The number of ether oxygens (including phenoxy) is 1. The van der Waals surface area contributed by atoms with Crippen LogP contribution >= 0.6 is 0 Å². The van der Waals surface area contributed by atoms with Gasteiger partial charge in [-0.25, -0.2) is 9.78 Å². The lowest BCUT2D eigenvalue weighted by Gasteiger charge is -2.33. The Balaban J connectivity index is 1.21. The SMILES string of the molecule is COC(=O)N1CCc2nc(-c3cc(C(=O)N4CCC(c5ccc(C#N)cc5)CC4)ccc3C3CCC3)[nH]c2C1. The van der Waals surface area contributed by atoms with Crippen LogP contribution in [-0.4, -0.2) is 58.5 Å². The minimum atomic E-state index is -0.331. The number of nitrogens with zero attached hydrogens (tertiary/aromatic N) is 4. The van der Waals surface area contributed by atoms with Crippen LogP contribution in [0.15, 0.2) is 42.5 Å². The molecule has 1 saturated carbocycles. The molecule has 0 bridgehead atoms. The maximum Gasteiger partial charge on any atom is 0.409 e. The van der Waals surface area contributed by atoms with Crippen LogP contribution in [0.2, 0.25) is 0 Å². The van der Waals surface area contributed by atoms with Gasteiger partial charge in [0.05, 0.1) is 36.7 Å². The van der Waals surface area contributed by atoms with E-state index in [1.165, 1.54) is 24.7 Å². The molecule has 3 aliphatic rings. The van der Waals surface area contributed by atoms with Gasteiger partial charge < -0.3 is 19.5 Å². The van der Waals surface area contributed by atoms with Crippen molar-refractivity contribution >= 4 is 12.0 Å². The number of hydrogen-bond donors (Lipinski definition) is 1. The number of amides is 2. The molecule has 3 heterocycles. The minimum absolute atomic E-state index is 0.0582. The summed E-state index contributed by atoms with van der Waals surface area (Å²) in [5.41, 5.74) is 6.75. The summed E-state index contributed by atoms with van der Waals surface area (Å²) < 4.78 is 4.91. The molecule has 2 amide bonds. The van der Waals surface area contributed by atoms with Crippen molar-refractivity contribution < 1.29 is 14.3 Å². The lowest BCUT2D eigenvalue weighted by Crippen LogP contribution is -2.38. The van der Waals surface area contributed by atoms with Gasteiger partial charge in [0.25, 0.3) is 5.91 Å². The Kier molecular flexibility index (Phi) is 6.82. The van der Waals surface area contributed by atoms with Crippen LogP contribution in [0.1, 0.15) is 82.4 Å². The van der Waals surface area contributed by atoms with Crippen molar-refractivity contribution in [3.05, 3.63) is 76.1 Å². The molecule has 0 spiro atoms. The Labute approximate surface area is 228 Å². The topological polar surface area (TPSA) is 102 Å². The largest absolute Gasteiger partial charge is 0.453 e. The number of nitrogens with one attached hydrogen (secondary N) is 1. The zero-order chi connectivity index (χ0) is 26.9. The van der Waals surface area contributed by atoms with E-state index in [-0.39, 0.29) is 12.0 Å². The number of fused-ring (bicyclic) bond motifs is 1. The van der Waals surface area contributed by atoms with Gasteiger partial charge in [0, 0.05) is 37.2 Å². The Morgan fingerprint density at radius 2 is 1.77 bits per heavy atom. The number of carbonyl (C=O) groups excluding carboxylic acids is 2. The summed E-state index contributed by atoms with van der Waals surface area (Å²) in [4.78, 5) is 37.7. The molecule has 1 aliphatic carbocycles. The molecule has 2 aromatic carbocycles. The zero-order valence-corrected chi connectivity index (χ0v) is 22.3. The number of hydrogen-bond acceptors (Lipinski definition) is 5. The lowest BCUT2D eigenvalue weighted by molar-refractivity contribution is 0.0713. The van der Waals surface area contributed by atoms with Crippen LogP contribution in [0.4, 0.5) is 4.79 Å². The van der Waals surface area contributed by atoms with Gasteiger partial charge in [0.15, 0.2) is 0 Å². The van der Waals surface area contributed by atoms with Crippen molar-refractivity contribution in [2.24, 2.45) is 0 Å². The van der Waals surface area contributed by atoms with E-state index in [9.17, 15) is 9.59 Å². The lowest BCUT2D eigenvalue weighted by atomic mass is 9.77. The average molecular weight is 524 g/mol. The van der Waals surface area contributed by atoms with Crippen molar-refractivity contribution in [2.75, 3.05) is 26.7 Å². The molecule has 1 saturated heterocycles. The summed E-state index contributed by atoms with van der Waals surface area (Å²) in [5.74, 6) is 1.73. The first kappa shape index (κ1) is 25.2. The number of methoxy groups -OCH3 is 1. The van der Waals surface area contributed by atoms with E-state index in [2.05, 4.69) is 17.1 Å². The van der Waals surface area contributed by atoms with Crippen LogP contribution in [0.3, 0.4) is 0 Å². The van der Waals surface area contributed by atoms with Crippen molar-refractivity contribution in [3.63, 3.8) is 0 Å². The number of aromatic nitrogens is 2. The smallest absolute Gasteiger partial charge is 0.409 e. The molecule has 6 rings (SSSR count). The second kappa shape index (κ2) is 10.6. The highest BCUT2D eigenvalue weighted by Crippen LogP contribution is 2.41. The van der Waals surface area contributed by atoms with Crippen molar-refractivity contribution in [3.8, 4) is 17.5 Å². The summed E-state index contributed by atoms with van der Waals surface area (Å²) >= 11 is 0. The van der Waals surface area contributed by atoms with Crippen LogP contribution in [-0.2, 0) is 17.7 Å². The number of benzene rings is 2. The fraction of sp³-hybridized carbons (Fsp3) is 0.419. The second-order valence-corrected chi connectivity index (χ2v) is 10.9. The number of rotatable bonds is 4. The standard InChI is InChI=1S/C31H33N5O3/c1-39-31(38)36-16-13-27-28(19-36)34-29(33-27)26-17-24(9-10-25(26)23-3-2-4-23)30(37)35-14-11-22(12-15-35)21-7-5-20(18-32)6-8-21/h5-10,17,22-23H,2-4,11-16,19H2,1H3,(H,33,34). The summed E-state index contributed by atoms with van der Waals surface area (Å²) in [6, 6.07) is 16.1. The van der Waals surface area contributed by atoms with Crippen LogP contribution in [0, 0.1) is 11.3 Å². The molecule has 1 N–H and O–H groups in total. The summed E-state index contributed by atoms with van der Waals surface area (Å²) in [5, 5.41) is 9.06. The number of aromatic amines is 1. The molecule has 2 fully saturated rings. The van der Waals surface area contributed by atoms with Gasteiger partial charge in [-0.15, -0.1) is 0 Å². The van der Waals surface area contributed by atoms with E-state index >= 15 is 0 Å². The molecular formula is C31H33N5O3. The van der Waals surface area contributed by atoms with E-state index in [1.54, 1.807) is 4.90 Å². The van der Waals surface area contributed by atoms with Gasteiger partial charge in [-0.05, 0) is 72.9 Å². The zero-order valence-electron chi connectivity index (χ0n) is 22.3. The predicted octanol–water partition coefficient (Wildman–Crippen LogP) is 5.36. The number of carbonyl (C=O) groups is 2. The second-order valence-electron chi connectivity index (χ2n) is 10.9. The minimum Gasteiger partial charge on any atom is -0.453 e. The molecule has 1 aromatic heterocycles. The Bertz CT molecular complexity index is 1430. The van der Waals surface area contributed by atoms with Crippen LogP contribution in [0.5, 0.6) is 0 Å². The highest BCUT2D eigenvalue weighted by atomic mass is 16.5. The maximum absolute atomic E-state index is 13.6. The van der Waals surface area contributed by atoms with E-state index in [0.717, 1.165) is 48.5 Å². The van der Waals surface area contributed by atoms with Gasteiger partial charge in [-0.2, -0.15) is 5.26 Å². The Morgan fingerprint density at radius 3 is 2.44 bits per heavy atom. The Hall–Kier alpha value is -4.12. The number of likely N-dealkylation sites (tertiary alicyclic amines) is 1. The monoisotopic (exact) mass is 523 g/mol. The molecule has 0 unspecified atom stereocenters. The van der Waals surface area contributed by atoms with Gasteiger partial charge in [0.2, 0.25) is 0 Å². The molecule has 3 aromatic rings. The first-order valence-corrected chi connectivity index (χ1v) is 13.9. The molecule has 2 aliphatic heterocycles. The summed E-state index contributed by atoms with van der Waals surface area (Å²) in [7, 11) is 1.40. The third-order valence-electron chi connectivity index (χ3n) is 8.66. The molecule has 0 radical (unpaired) electrons. The normalized spacial score (nSPS) is 17.7. The quantitative estimate of drug-likeness (QED) is 0.496.